The predicted molar refractivity (Wildman–Crippen MR) is 183 cm³/mol. The Labute approximate surface area is 281 Å². The summed E-state index contributed by atoms with van der Waals surface area (Å²) in [6.07, 6.45) is 2.94. The Morgan fingerprint density at radius 1 is 0.938 bits per heavy atom. The number of rotatable bonds is 9. The van der Waals surface area contributed by atoms with Crippen LogP contribution < -0.4 is 10.6 Å². The molecule has 3 N–H and O–H groups in total. The summed E-state index contributed by atoms with van der Waals surface area (Å²) >= 11 is 0. The Kier molecular flexibility index (Phi) is 10.2. The number of anilines is 1. The lowest BCUT2D eigenvalue weighted by Gasteiger charge is -2.38. The molecule has 1 aliphatic heterocycles. The molecule has 11 heteroatoms. The van der Waals surface area contributed by atoms with Gasteiger partial charge in [0.1, 0.15) is 17.7 Å². The van der Waals surface area contributed by atoms with Crippen molar-refractivity contribution in [1.29, 1.82) is 10.7 Å². The van der Waals surface area contributed by atoms with Crippen LogP contribution in [0, 0.1) is 22.6 Å². The van der Waals surface area contributed by atoms with Crippen LogP contribution in [-0.4, -0.2) is 92.1 Å². The third-order valence-electron chi connectivity index (χ3n) is 9.32. The van der Waals surface area contributed by atoms with Crippen LogP contribution in [0.1, 0.15) is 62.2 Å². The van der Waals surface area contributed by atoms with E-state index in [2.05, 4.69) is 16.7 Å². The van der Waals surface area contributed by atoms with Crippen LogP contribution in [0.15, 0.2) is 60.7 Å². The van der Waals surface area contributed by atoms with Crippen LogP contribution >= 0.6 is 0 Å². The minimum atomic E-state index is -1.10. The molecule has 3 aromatic rings. The first-order valence-electron chi connectivity index (χ1n) is 16.2. The molecule has 0 radical (unpaired) electrons. The van der Waals surface area contributed by atoms with Crippen LogP contribution in [0.2, 0.25) is 0 Å². The second kappa shape index (κ2) is 14.4. The molecule has 48 heavy (non-hydrogen) atoms. The number of nitrogens with zero attached hydrogens (tertiary/aromatic N) is 4. The topological polar surface area (TPSA) is 133 Å². The lowest BCUT2D eigenvalue weighted by molar-refractivity contribution is -0.130. The lowest BCUT2D eigenvalue weighted by Crippen LogP contribution is -2.46. The number of hydrogen-bond donors (Lipinski definition) is 3. The molecule has 0 spiro atoms. The molecule has 1 aliphatic carbocycles. The van der Waals surface area contributed by atoms with E-state index in [1.54, 1.807) is 57.4 Å². The standard InChI is InChI=1S/C37H42FN7O3/c1-43(2)34(47)26-9-15-31-24(20-26)7-8-25-21-27(35(48)44(3)4)10-16-32(25)37(31,36(40)42-29-13-11-28(38)12-14-29)17-18-41-23-33(46)45-19-5-6-30(45)22-39/h9-16,20-21,30,41H,5-8,17-19,23H2,1-4H3,(H2,40,42). The van der Waals surface area contributed by atoms with Gasteiger partial charge in [-0.2, -0.15) is 5.26 Å². The fourth-order valence-electron chi connectivity index (χ4n) is 6.85. The average molecular weight is 652 g/mol. The summed E-state index contributed by atoms with van der Waals surface area (Å²) in [4.78, 5) is 43.8. The maximum atomic E-state index is 13.9. The molecular formula is C37H42FN7O3. The Balaban J connectivity index is 1.61. The number of likely N-dealkylation sites (tertiary alicyclic amines) is 1. The molecule has 1 heterocycles. The van der Waals surface area contributed by atoms with Crippen molar-refractivity contribution in [1.82, 2.24) is 20.0 Å². The SMILES string of the molecule is CN(C)C(=O)c1ccc2c(c1)CCc1cc(C(=O)N(C)C)ccc1C2(CCNCC(=O)N1CCCC1C#N)C(=N)Nc1ccc(F)cc1. The van der Waals surface area contributed by atoms with Crippen molar-refractivity contribution in [3.63, 3.8) is 0 Å². The number of carbonyl (C=O) groups excluding carboxylic acids is 3. The van der Waals surface area contributed by atoms with Gasteiger partial charge in [0.25, 0.3) is 11.8 Å². The second-order valence-corrected chi connectivity index (χ2v) is 12.9. The highest BCUT2D eigenvalue weighted by atomic mass is 19.1. The van der Waals surface area contributed by atoms with E-state index in [9.17, 15) is 29.4 Å². The van der Waals surface area contributed by atoms with Crippen molar-refractivity contribution in [3.05, 3.63) is 99.9 Å². The molecule has 1 atom stereocenters. The van der Waals surface area contributed by atoms with E-state index >= 15 is 0 Å². The smallest absolute Gasteiger partial charge is 0.253 e. The third-order valence-corrected chi connectivity index (χ3v) is 9.32. The molecule has 0 aromatic heterocycles. The number of halogens is 1. The quantitative estimate of drug-likeness (QED) is 0.181. The average Bonchev–Trinajstić information content (AvgIpc) is 3.52. The molecule has 1 unspecified atom stereocenters. The zero-order chi connectivity index (χ0) is 34.6. The van der Waals surface area contributed by atoms with Crippen molar-refractivity contribution >= 4 is 29.2 Å². The Morgan fingerprint density at radius 3 is 2.02 bits per heavy atom. The van der Waals surface area contributed by atoms with Crippen LogP contribution in [0.5, 0.6) is 0 Å². The summed E-state index contributed by atoms with van der Waals surface area (Å²) in [6.45, 7) is 0.927. The van der Waals surface area contributed by atoms with E-state index in [0.29, 0.717) is 55.6 Å². The van der Waals surface area contributed by atoms with Crippen LogP contribution in [0.4, 0.5) is 10.1 Å². The minimum absolute atomic E-state index is 0.0409. The maximum absolute atomic E-state index is 13.9. The number of amidine groups is 1. The van der Waals surface area contributed by atoms with Gasteiger partial charge in [0.15, 0.2) is 0 Å². The summed E-state index contributed by atoms with van der Waals surface area (Å²) < 4.78 is 13.9. The van der Waals surface area contributed by atoms with Crippen LogP contribution in [-0.2, 0) is 23.1 Å². The fourth-order valence-corrected chi connectivity index (χ4v) is 6.85. The van der Waals surface area contributed by atoms with E-state index < -0.39 is 17.3 Å². The van der Waals surface area contributed by atoms with E-state index in [-0.39, 0.29) is 30.1 Å². The van der Waals surface area contributed by atoms with Gasteiger partial charge in [0.2, 0.25) is 5.91 Å². The molecule has 3 amide bonds. The molecule has 0 saturated carbocycles. The monoisotopic (exact) mass is 651 g/mol. The number of nitrogens with one attached hydrogen (secondary N) is 3. The Bertz CT molecular complexity index is 1690. The van der Waals surface area contributed by atoms with Crippen molar-refractivity contribution in [3.8, 4) is 6.07 Å². The molecular weight excluding hydrogens is 609 g/mol. The predicted octanol–water partition coefficient (Wildman–Crippen LogP) is 4.20. The van der Waals surface area contributed by atoms with Gasteiger partial charge >= 0.3 is 0 Å². The van der Waals surface area contributed by atoms with E-state index in [1.807, 2.05) is 24.3 Å². The summed E-state index contributed by atoms with van der Waals surface area (Å²) in [6, 6.07) is 18.8. The molecule has 10 nitrogen and oxygen atoms in total. The van der Waals surface area contributed by atoms with E-state index in [1.165, 1.54) is 21.9 Å². The van der Waals surface area contributed by atoms with Crippen molar-refractivity contribution < 1.29 is 18.8 Å². The van der Waals surface area contributed by atoms with Crippen LogP contribution in [0.25, 0.3) is 0 Å². The number of nitriles is 1. The summed E-state index contributed by atoms with van der Waals surface area (Å²) in [7, 11) is 6.81. The largest absolute Gasteiger partial charge is 0.345 e. The normalized spacial score (nSPS) is 16.2. The van der Waals surface area contributed by atoms with Crippen LogP contribution in [0.3, 0.4) is 0 Å². The van der Waals surface area contributed by atoms with Crippen molar-refractivity contribution in [2.75, 3.05) is 53.1 Å². The molecule has 2 aliphatic rings. The van der Waals surface area contributed by atoms with Gasteiger partial charge in [0.05, 0.1) is 18.0 Å². The second-order valence-electron chi connectivity index (χ2n) is 12.9. The number of hydrogen-bond acceptors (Lipinski definition) is 6. The van der Waals surface area contributed by atoms with Gasteiger partial charge in [-0.25, -0.2) is 4.39 Å². The summed E-state index contributed by atoms with van der Waals surface area (Å²) in [5, 5.41) is 25.7. The van der Waals surface area contributed by atoms with Gasteiger partial charge in [-0.05, 0) is 109 Å². The first kappa shape index (κ1) is 34.3. The highest BCUT2D eigenvalue weighted by Crippen LogP contribution is 2.44. The molecule has 1 saturated heterocycles. The zero-order valence-electron chi connectivity index (χ0n) is 27.9. The molecule has 3 aromatic carbocycles. The first-order valence-corrected chi connectivity index (χ1v) is 16.2. The number of fused-ring (bicyclic) bond motifs is 2. The highest BCUT2D eigenvalue weighted by Gasteiger charge is 2.44. The van der Waals surface area contributed by atoms with E-state index in [0.717, 1.165) is 28.7 Å². The number of aryl methyl sites for hydroxylation is 2. The number of benzene rings is 3. The summed E-state index contributed by atoms with van der Waals surface area (Å²) in [5.41, 5.74) is 3.95. The molecule has 0 bridgehead atoms. The van der Waals surface area contributed by atoms with Gasteiger partial charge in [-0.15, -0.1) is 0 Å². The molecule has 250 valence electrons. The van der Waals surface area contributed by atoms with Gasteiger partial charge in [0, 0.05) is 51.5 Å². The molecule has 1 fully saturated rings. The number of carbonyl (C=O) groups is 3. The minimum Gasteiger partial charge on any atom is -0.345 e. The highest BCUT2D eigenvalue weighted by molar-refractivity contribution is 6.05. The number of amides is 3. The molecule has 5 rings (SSSR count). The summed E-state index contributed by atoms with van der Waals surface area (Å²) in [5.74, 6) is -0.682. The Hall–Kier alpha value is -5.08. The first-order chi connectivity index (χ1) is 23.0. The zero-order valence-corrected chi connectivity index (χ0v) is 27.9. The fraction of sp³-hybridized carbons (Fsp3) is 0.378. The van der Waals surface area contributed by atoms with Gasteiger partial charge < -0.3 is 25.3 Å². The van der Waals surface area contributed by atoms with E-state index in [4.69, 9.17) is 0 Å². The maximum Gasteiger partial charge on any atom is 0.253 e. The van der Waals surface area contributed by atoms with Gasteiger partial charge in [-0.3, -0.25) is 19.8 Å². The van der Waals surface area contributed by atoms with Crippen molar-refractivity contribution in [2.45, 2.75) is 43.6 Å². The lowest BCUT2D eigenvalue weighted by atomic mass is 9.68. The van der Waals surface area contributed by atoms with Gasteiger partial charge in [-0.1, -0.05) is 12.1 Å². The third kappa shape index (κ3) is 6.80. The Morgan fingerprint density at radius 2 is 1.50 bits per heavy atom. The van der Waals surface area contributed by atoms with Crippen molar-refractivity contribution in [2.24, 2.45) is 0 Å².